The van der Waals surface area contributed by atoms with Gasteiger partial charge in [0, 0.05) is 29.6 Å². The highest BCUT2D eigenvalue weighted by Gasteiger charge is 2.17. The quantitative estimate of drug-likeness (QED) is 0.304. The fourth-order valence-electron chi connectivity index (χ4n) is 3.61. The number of benzene rings is 2. The van der Waals surface area contributed by atoms with Crippen molar-refractivity contribution in [1.82, 2.24) is 24.7 Å². The Balaban J connectivity index is 1.37. The number of hydrogen-bond donors (Lipinski definition) is 2. The summed E-state index contributed by atoms with van der Waals surface area (Å²) in [6.07, 6.45) is 0. The van der Waals surface area contributed by atoms with Crippen LogP contribution in [0.25, 0.3) is 11.4 Å². The summed E-state index contributed by atoms with van der Waals surface area (Å²) >= 11 is 1.29. The lowest BCUT2D eigenvalue weighted by Crippen LogP contribution is -2.16. The van der Waals surface area contributed by atoms with Crippen LogP contribution in [0.5, 0.6) is 0 Å². The molecule has 0 fully saturated rings. The maximum Gasteiger partial charge on any atom is 0.263 e. The minimum Gasteiger partial charge on any atom is -0.325 e. The molecule has 4 aromatic rings. The zero-order valence-corrected chi connectivity index (χ0v) is 22.5. The van der Waals surface area contributed by atoms with Crippen LogP contribution < -0.4 is 10.0 Å². The minimum absolute atomic E-state index is 0.0495. The first kappa shape index (κ1) is 26.3. The minimum atomic E-state index is -3.84. The summed E-state index contributed by atoms with van der Waals surface area (Å²) < 4.78 is 29.9. The topological polar surface area (TPSA) is 132 Å². The van der Waals surface area contributed by atoms with Crippen LogP contribution >= 0.6 is 11.8 Å². The highest BCUT2D eigenvalue weighted by Crippen LogP contribution is 2.25. The summed E-state index contributed by atoms with van der Waals surface area (Å²) in [5.74, 6) is 1.30. The normalized spacial score (nSPS) is 11.4. The molecular weight excluding hydrogens is 510 g/mol. The van der Waals surface area contributed by atoms with Crippen molar-refractivity contribution in [2.24, 2.45) is 0 Å². The number of aryl methyl sites for hydroxylation is 3. The third-order valence-electron chi connectivity index (χ3n) is 5.33. The molecule has 2 N–H and O–H groups in total. The molecular formula is C25H27N7O3S2. The maximum atomic E-state index is 12.7. The predicted molar refractivity (Wildman–Crippen MR) is 144 cm³/mol. The van der Waals surface area contributed by atoms with Crippen LogP contribution in [0, 0.1) is 20.8 Å². The Morgan fingerprint density at radius 1 is 0.973 bits per heavy atom. The van der Waals surface area contributed by atoms with Crippen LogP contribution in [0.4, 0.5) is 11.5 Å². The van der Waals surface area contributed by atoms with Crippen molar-refractivity contribution >= 4 is 39.2 Å². The standard InChI is InChI=1S/C25H27N7O3S2/c1-5-32-24(19-8-6-16(2)7-9-19)29-30-25(32)36-15-23(33)28-20-10-12-21(13-11-20)37(34,35)31-22-14-17(3)26-18(4)27-22/h6-14H,5,15H2,1-4H3,(H,28,33)(H,26,27,31). The molecule has 12 heteroatoms. The van der Waals surface area contributed by atoms with E-state index < -0.39 is 10.0 Å². The molecule has 2 aromatic carbocycles. The van der Waals surface area contributed by atoms with Gasteiger partial charge in [-0.2, -0.15) is 0 Å². The van der Waals surface area contributed by atoms with Gasteiger partial charge in [-0.25, -0.2) is 18.4 Å². The van der Waals surface area contributed by atoms with Gasteiger partial charge in [-0.15, -0.1) is 10.2 Å². The molecule has 0 aliphatic carbocycles. The first-order valence-corrected chi connectivity index (χ1v) is 14.0. The molecule has 0 bridgehead atoms. The Morgan fingerprint density at radius 3 is 2.32 bits per heavy atom. The summed E-state index contributed by atoms with van der Waals surface area (Å²) in [6, 6.07) is 15.5. The van der Waals surface area contributed by atoms with Gasteiger partial charge in [0.05, 0.1) is 10.6 Å². The number of sulfonamides is 1. The van der Waals surface area contributed by atoms with Crippen molar-refractivity contribution < 1.29 is 13.2 Å². The zero-order chi connectivity index (χ0) is 26.6. The number of rotatable bonds is 9. The Hall–Kier alpha value is -3.77. The Bertz CT molecular complexity index is 1500. The first-order valence-electron chi connectivity index (χ1n) is 11.5. The number of nitrogens with zero attached hydrogens (tertiary/aromatic N) is 5. The molecule has 192 valence electrons. The number of thioether (sulfide) groups is 1. The second-order valence-electron chi connectivity index (χ2n) is 8.32. The third kappa shape index (κ3) is 6.52. The van der Waals surface area contributed by atoms with Crippen LogP contribution in [-0.2, 0) is 21.4 Å². The fourth-order valence-corrected chi connectivity index (χ4v) is 5.40. The van der Waals surface area contributed by atoms with Crippen molar-refractivity contribution in [3.8, 4) is 11.4 Å². The molecule has 37 heavy (non-hydrogen) atoms. The second kappa shape index (κ2) is 11.1. The van der Waals surface area contributed by atoms with E-state index >= 15 is 0 Å². The summed E-state index contributed by atoms with van der Waals surface area (Å²) in [4.78, 5) is 20.9. The molecule has 4 rings (SSSR count). The van der Waals surface area contributed by atoms with Gasteiger partial charge in [0.2, 0.25) is 5.91 Å². The van der Waals surface area contributed by atoms with Crippen molar-refractivity contribution in [3.05, 3.63) is 71.7 Å². The smallest absolute Gasteiger partial charge is 0.263 e. The fraction of sp³-hybridized carbons (Fsp3) is 0.240. The highest BCUT2D eigenvalue weighted by molar-refractivity contribution is 7.99. The van der Waals surface area contributed by atoms with E-state index in [2.05, 4.69) is 30.2 Å². The van der Waals surface area contributed by atoms with Crippen molar-refractivity contribution in [3.63, 3.8) is 0 Å². The van der Waals surface area contributed by atoms with E-state index in [4.69, 9.17) is 0 Å². The summed E-state index contributed by atoms with van der Waals surface area (Å²) in [6.45, 7) is 8.15. The lowest BCUT2D eigenvalue weighted by Gasteiger charge is -2.10. The van der Waals surface area contributed by atoms with E-state index in [1.54, 1.807) is 19.9 Å². The molecule has 0 aliphatic heterocycles. The van der Waals surface area contributed by atoms with Gasteiger partial charge in [0.1, 0.15) is 11.6 Å². The summed E-state index contributed by atoms with van der Waals surface area (Å²) in [7, 11) is -3.84. The van der Waals surface area contributed by atoms with Crippen LogP contribution in [0.3, 0.4) is 0 Å². The Kier molecular flexibility index (Phi) is 7.89. The van der Waals surface area contributed by atoms with E-state index in [0.29, 0.717) is 28.9 Å². The van der Waals surface area contributed by atoms with E-state index in [9.17, 15) is 13.2 Å². The van der Waals surface area contributed by atoms with Crippen LogP contribution in [0.15, 0.2) is 64.6 Å². The average Bonchev–Trinajstić information content (AvgIpc) is 3.25. The van der Waals surface area contributed by atoms with Gasteiger partial charge in [-0.3, -0.25) is 9.52 Å². The van der Waals surface area contributed by atoms with E-state index in [0.717, 1.165) is 17.0 Å². The summed E-state index contributed by atoms with van der Waals surface area (Å²) in [5, 5.41) is 12.0. The maximum absolute atomic E-state index is 12.7. The zero-order valence-electron chi connectivity index (χ0n) is 20.9. The number of anilines is 2. The number of hydrogen-bond acceptors (Lipinski definition) is 8. The predicted octanol–water partition coefficient (Wildman–Crippen LogP) is 4.21. The molecule has 10 nitrogen and oxygen atoms in total. The van der Waals surface area contributed by atoms with Gasteiger partial charge in [-0.1, -0.05) is 41.6 Å². The number of carbonyl (C=O) groups is 1. The highest BCUT2D eigenvalue weighted by atomic mass is 32.2. The van der Waals surface area contributed by atoms with Crippen molar-refractivity contribution in [2.75, 3.05) is 15.8 Å². The van der Waals surface area contributed by atoms with Crippen molar-refractivity contribution in [1.29, 1.82) is 0 Å². The lowest BCUT2D eigenvalue weighted by atomic mass is 10.1. The van der Waals surface area contributed by atoms with Gasteiger partial charge in [-0.05, 0) is 52.0 Å². The van der Waals surface area contributed by atoms with E-state index in [1.165, 1.54) is 36.0 Å². The molecule has 0 saturated heterocycles. The third-order valence-corrected chi connectivity index (χ3v) is 7.67. The molecule has 0 aliphatic rings. The van der Waals surface area contributed by atoms with Crippen LogP contribution in [0.1, 0.15) is 24.0 Å². The van der Waals surface area contributed by atoms with Gasteiger partial charge < -0.3 is 9.88 Å². The summed E-state index contributed by atoms with van der Waals surface area (Å²) in [5.41, 5.74) is 3.27. The SMILES string of the molecule is CCn1c(SCC(=O)Nc2ccc(S(=O)(=O)Nc3cc(C)nc(C)n3)cc2)nnc1-c1ccc(C)cc1. The van der Waals surface area contributed by atoms with Gasteiger partial charge >= 0.3 is 0 Å². The number of amides is 1. The van der Waals surface area contributed by atoms with E-state index in [-0.39, 0.29) is 22.4 Å². The van der Waals surface area contributed by atoms with Crippen molar-refractivity contribution in [2.45, 2.75) is 44.3 Å². The average molecular weight is 538 g/mol. The molecule has 1 amide bonds. The van der Waals surface area contributed by atoms with Gasteiger partial charge in [0.15, 0.2) is 11.0 Å². The molecule has 0 radical (unpaired) electrons. The Morgan fingerprint density at radius 2 is 1.68 bits per heavy atom. The van der Waals surface area contributed by atoms with Crippen LogP contribution in [-0.4, -0.2) is 44.8 Å². The second-order valence-corrected chi connectivity index (χ2v) is 10.9. The molecule has 0 saturated carbocycles. The molecule has 2 heterocycles. The number of carbonyl (C=O) groups excluding carboxylic acids is 1. The van der Waals surface area contributed by atoms with Crippen LogP contribution in [0.2, 0.25) is 0 Å². The first-order chi connectivity index (χ1) is 17.6. The molecule has 0 spiro atoms. The van der Waals surface area contributed by atoms with E-state index in [1.807, 2.05) is 42.7 Å². The molecule has 0 unspecified atom stereocenters. The monoisotopic (exact) mass is 537 g/mol. The number of aromatic nitrogens is 5. The molecule has 0 atom stereocenters. The lowest BCUT2D eigenvalue weighted by molar-refractivity contribution is -0.113. The Labute approximate surface area is 220 Å². The van der Waals surface area contributed by atoms with Gasteiger partial charge in [0.25, 0.3) is 10.0 Å². The number of nitrogens with one attached hydrogen (secondary N) is 2. The largest absolute Gasteiger partial charge is 0.325 e. The molecule has 2 aromatic heterocycles.